The zero-order valence-corrected chi connectivity index (χ0v) is 18.2. The van der Waals surface area contributed by atoms with E-state index in [1.165, 1.54) is 5.56 Å². The normalized spacial score (nSPS) is 10.6. The van der Waals surface area contributed by atoms with Crippen molar-refractivity contribution in [1.82, 2.24) is 19.9 Å². The number of hydrogen-bond acceptors (Lipinski definition) is 5. The Kier molecular flexibility index (Phi) is 6.46. The number of hydrogen-bond donors (Lipinski definition) is 3. The van der Waals surface area contributed by atoms with Crippen LogP contribution < -0.4 is 16.0 Å². The van der Waals surface area contributed by atoms with Crippen molar-refractivity contribution in [3.63, 3.8) is 0 Å². The van der Waals surface area contributed by atoms with Crippen molar-refractivity contribution >= 4 is 23.4 Å². The molecule has 2 heterocycles. The van der Waals surface area contributed by atoms with Gasteiger partial charge in [-0.25, -0.2) is 4.98 Å². The summed E-state index contributed by atoms with van der Waals surface area (Å²) in [6.07, 6.45) is 3.94. The number of nitrogens with one attached hydrogen (secondary N) is 3. The lowest BCUT2D eigenvalue weighted by atomic mass is 10.2. The maximum Gasteiger partial charge on any atom is 0.251 e. The van der Waals surface area contributed by atoms with Crippen molar-refractivity contribution in [2.45, 2.75) is 13.8 Å². The lowest BCUT2D eigenvalue weighted by Gasteiger charge is -2.11. The quantitative estimate of drug-likeness (QED) is 0.362. The highest BCUT2D eigenvalue weighted by atomic mass is 16.1. The Bertz CT molecular complexity index is 1170. The van der Waals surface area contributed by atoms with E-state index in [2.05, 4.69) is 32.8 Å². The number of rotatable bonds is 8. The molecule has 4 aromatic rings. The molecule has 0 unspecified atom stereocenters. The SMILES string of the molecule is Cc1ccc(Nc2cc(C)nc(NCCNC(=O)c3ccc(-n4cccc4)cc3)n2)cc1. The number of benzene rings is 2. The molecule has 0 aliphatic rings. The molecule has 7 nitrogen and oxygen atoms in total. The molecule has 4 rings (SSSR count). The molecule has 0 aliphatic heterocycles. The molecule has 0 fully saturated rings. The molecule has 0 spiro atoms. The standard InChI is InChI=1S/C25H26N6O/c1-18-5-9-21(10-6-18)29-23-17-19(2)28-25(30-23)27-14-13-26-24(32)20-7-11-22(12-8-20)31-15-3-4-16-31/h3-12,15-17H,13-14H2,1-2H3,(H,26,32)(H2,27,28,29,30). The van der Waals surface area contributed by atoms with Crippen LogP contribution in [0.25, 0.3) is 5.69 Å². The summed E-state index contributed by atoms with van der Waals surface area (Å²) in [6.45, 7) is 4.95. The monoisotopic (exact) mass is 426 g/mol. The number of aromatic nitrogens is 3. The lowest BCUT2D eigenvalue weighted by molar-refractivity contribution is 0.0955. The fourth-order valence-corrected chi connectivity index (χ4v) is 3.24. The van der Waals surface area contributed by atoms with Crippen LogP contribution in [0.1, 0.15) is 21.6 Å². The molecule has 162 valence electrons. The average Bonchev–Trinajstić information content (AvgIpc) is 3.33. The van der Waals surface area contributed by atoms with Crippen molar-refractivity contribution in [2.24, 2.45) is 0 Å². The third-order valence-corrected chi connectivity index (χ3v) is 4.90. The summed E-state index contributed by atoms with van der Waals surface area (Å²) < 4.78 is 2.00. The molecule has 1 amide bonds. The van der Waals surface area contributed by atoms with Crippen molar-refractivity contribution in [1.29, 1.82) is 0 Å². The predicted molar refractivity (Wildman–Crippen MR) is 128 cm³/mol. The molecule has 2 aromatic carbocycles. The van der Waals surface area contributed by atoms with Crippen LogP contribution in [0.5, 0.6) is 0 Å². The molecule has 0 saturated carbocycles. The molecule has 0 saturated heterocycles. The van der Waals surface area contributed by atoms with E-state index in [-0.39, 0.29) is 5.91 Å². The van der Waals surface area contributed by atoms with Gasteiger partial charge in [0.15, 0.2) is 0 Å². The second-order valence-electron chi connectivity index (χ2n) is 7.53. The molecule has 2 aromatic heterocycles. The van der Waals surface area contributed by atoms with E-state index in [0.717, 1.165) is 22.9 Å². The van der Waals surface area contributed by atoms with E-state index < -0.39 is 0 Å². The van der Waals surface area contributed by atoms with Crippen molar-refractivity contribution < 1.29 is 4.79 Å². The largest absolute Gasteiger partial charge is 0.352 e. The van der Waals surface area contributed by atoms with E-state index in [4.69, 9.17) is 0 Å². The number of carbonyl (C=O) groups is 1. The van der Waals surface area contributed by atoms with Crippen LogP contribution >= 0.6 is 0 Å². The van der Waals surface area contributed by atoms with Crippen LogP contribution in [0.4, 0.5) is 17.5 Å². The third-order valence-electron chi connectivity index (χ3n) is 4.90. The molecule has 32 heavy (non-hydrogen) atoms. The maximum absolute atomic E-state index is 12.4. The van der Waals surface area contributed by atoms with Gasteiger partial charge in [-0.15, -0.1) is 0 Å². The van der Waals surface area contributed by atoms with Gasteiger partial charge < -0.3 is 20.5 Å². The Morgan fingerprint density at radius 1 is 0.906 bits per heavy atom. The minimum atomic E-state index is -0.113. The van der Waals surface area contributed by atoms with Crippen LogP contribution in [0.2, 0.25) is 0 Å². The Morgan fingerprint density at radius 3 is 2.34 bits per heavy atom. The van der Waals surface area contributed by atoms with E-state index in [1.54, 1.807) is 0 Å². The first-order chi connectivity index (χ1) is 15.6. The van der Waals surface area contributed by atoms with Gasteiger partial charge in [0.2, 0.25) is 5.95 Å². The molecule has 0 bridgehead atoms. The summed E-state index contributed by atoms with van der Waals surface area (Å²) >= 11 is 0. The summed E-state index contributed by atoms with van der Waals surface area (Å²) in [5, 5.41) is 9.39. The van der Waals surface area contributed by atoms with Crippen LogP contribution in [0.15, 0.2) is 79.1 Å². The van der Waals surface area contributed by atoms with Crippen LogP contribution in [0, 0.1) is 13.8 Å². The van der Waals surface area contributed by atoms with Crippen LogP contribution in [0.3, 0.4) is 0 Å². The summed E-state index contributed by atoms with van der Waals surface area (Å²) in [6, 6.07) is 21.5. The first kappa shape index (κ1) is 21.1. The van der Waals surface area contributed by atoms with Gasteiger partial charge in [-0.3, -0.25) is 4.79 Å². The van der Waals surface area contributed by atoms with Gasteiger partial charge in [-0.2, -0.15) is 4.98 Å². The zero-order valence-electron chi connectivity index (χ0n) is 18.2. The van der Waals surface area contributed by atoms with Gasteiger partial charge in [0.25, 0.3) is 5.91 Å². The smallest absolute Gasteiger partial charge is 0.251 e. The number of nitrogens with zero attached hydrogens (tertiary/aromatic N) is 3. The van der Waals surface area contributed by atoms with E-state index in [0.29, 0.717) is 24.6 Å². The molecular formula is C25H26N6O. The number of anilines is 3. The first-order valence-electron chi connectivity index (χ1n) is 10.5. The Labute approximate surface area is 187 Å². The molecule has 3 N–H and O–H groups in total. The topological polar surface area (TPSA) is 83.9 Å². The van der Waals surface area contributed by atoms with Gasteiger partial charge in [-0.1, -0.05) is 17.7 Å². The fourth-order valence-electron chi connectivity index (χ4n) is 3.24. The average molecular weight is 427 g/mol. The third kappa shape index (κ3) is 5.51. The number of amides is 1. The van der Waals surface area contributed by atoms with Crippen LogP contribution in [-0.2, 0) is 0 Å². The summed E-state index contributed by atoms with van der Waals surface area (Å²) in [5.74, 6) is 1.12. The Hall–Kier alpha value is -4.13. The summed E-state index contributed by atoms with van der Waals surface area (Å²) in [7, 11) is 0. The van der Waals surface area contributed by atoms with Gasteiger partial charge in [0, 0.05) is 54.2 Å². The summed E-state index contributed by atoms with van der Waals surface area (Å²) in [4.78, 5) is 21.3. The molecule has 0 aliphatic carbocycles. The van der Waals surface area contributed by atoms with Crippen molar-refractivity contribution in [3.05, 3.63) is 95.9 Å². The summed E-state index contributed by atoms with van der Waals surface area (Å²) in [5.41, 5.74) is 4.66. The second-order valence-corrected chi connectivity index (χ2v) is 7.53. The fraction of sp³-hybridized carbons (Fsp3) is 0.160. The highest BCUT2D eigenvalue weighted by molar-refractivity contribution is 5.94. The van der Waals surface area contributed by atoms with E-state index in [1.807, 2.05) is 90.6 Å². The van der Waals surface area contributed by atoms with Crippen molar-refractivity contribution in [3.8, 4) is 5.69 Å². The molecular weight excluding hydrogens is 400 g/mol. The Balaban J connectivity index is 1.28. The lowest BCUT2D eigenvalue weighted by Crippen LogP contribution is -2.29. The van der Waals surface area contributed by atoms with Crippen molar-refractivity contribution in [2.75, 3.05) is 23.7 Å². The van der Waals surface area contributed by atoms with Gasteiger partial charge in [0.05, 0.1) is 0 Å². The number of carbonyl (C=O) groups excluding carboxylic acids is 1. The zero-order chi connectivity index (χ0) is 22.3. The second kappa shape index (κ2) is 9.78. The van der Waals surface area contributed by atoms with Gasteiger partial charge in [-0.05, 0) is 62.4 Å². The molecule has 0 atom stereocenters. The van der Waals surface area contributed by atoms with Gasteiger partial charge in [0.1, 0.15) is 5.82 Å². The highest BCUT2D eigenvalue weighted by Gasteiger charge is 2.06. The first-order valence-corrected chi connectivity index (χ1v) is 10.5. The Morgan fingerprint density at radius 2 is 1.62 bits per heavy atom. The van der Waals surface area contributed by atoms with E-state index >= 15 is 0 Å². The van der Waals surface area contributed by atoms with Gasteiger partial charge >= 0.3 is 0 Å². The number of aryl methyl sites for hydroxylation is 2. The predicted octanol–water partition coefficient (Wildman–Crippen LogP) is 4.47. The minimum Gasteiger partial charge on any atom is -0.352 e. The van der Waals surface area contributed by atoms with Crippen LogP contribution in [-0.4, -0.2) is 33.5 Å². The maximum atomic E-state index is 12.4. The van der Waals surface area contributed by atoms with E-state index in [9.17, 15) is 4.79 Å². The molecule has 7 heteroatoms. The minimum absolute atomic E-state index is 0.113. The molecule has 0 radical (unpaired) electrons. The highest BCUT2D eigenvalue weighted by Crippen LogP contribution is 2.17.